The van der Waals surface area contributed by atoms with Crippen LogP contribution in [0.1, 0.15) is 148 Å². The van der Waals surface area contributed by atoms with Crippen LogP contribution in [0.2, 0.25) is 0 Å². The first-order valence-corrected chi connectivity index (χ1v) is 42.3. The van der Waals surface area contributed by atoms with E-state index in [2.05, 4.69) is 72.6 Å². The Morgan fingerprint density at radius 2 is 1.20 bits per heavy atom. The molecule has 0 unspecified atom stereocenters. The maximum absolute atomic E-state index is 15.7. The number of nitrogens with one attached hydrogen (secondary N) is 6. The number of aromatic amines is 2. The minimum Gasteiger partial charge on any atom is -0.508 e. The number of carbonyl (C=O) groups is 9. The Bertz CT molecular complexity index is 4610. The number of benzene rings is 6. The Hall–Kier alpha value is -9.91. The number of hydrogen-bond acceptors (Lipinski definition) is 16. The van der Waals surface area contributed by atoms with Gasteiger partial charge in [0.15, 0.2) is 29.1 Å². The molecule has 4 heterocycles. The number of aromatic nitrogens is 2. The molecule has 0 spiro atoms. The standard InChI is InChI=1S/C92H115N11O11S/c1-58(104)88-86(111)50-67(41-59-20-6-3-7-21-59)82(107)33-15-14-31-77(97-52-63(40-62-34-36-71(105)37-35-62)43-72(106)57-115-56-64-44-75-74-29-18-32-78-87(74)70(54-99-78)47-81(75)103(2)55-64)83(108)48-66(27-19-39-96-92(94)95)89(112)100-79(45-61-24-10-5-11-25-61)85(110)51-68(42-60-22-8-4-9-23-60)91(114)101-80(46-69-53-98-76-30-13-12-28-73(69)76)84(109)49-65(90(113)102-88)26-16-17-38-93/h3-13,18,20-25,28-30,32,34-37,53-54,58,63-68,75,77,79-81,88,97-99,104-105H,14-17,19,26-27,31,33,38-52,55-57,93H2,1-2H3,(H,100,112)(H,101,114)(H,102,113)(H4,94,95,96)/t58-,63-,64-,65-,66-,67-,68-,75-,77+,79+,80-,81-,88+/m1/s1. The van der Waals surface area contributed by atoms with Crippen molar-refractivity contribution in [2.75, 3.05) is 44.7 Å². The van der Waals surface area contributed by atoms with Crippen LogP contribution >= 0.6 is 11.8 Å². The van der Waals surface area contributed by atoms with Gasteiger partial charge in [0.05, 0.1) is 30.0 Å². The Kier molecular flexibility index (Phi) is 31.9. The van der Waals surface area contributed by atoms with Crippen LogP contribution < -0.4 is 38.5 Å². The highest BCUT2D eigenvalue weighted by Crippen LogP contribution is 2.45. The minimum atomic E-state index is -1.49. The van der Waals surface area contributed by atoms with Crippen LogP contribution in [0.3, 0.4) is 0 Å². The van der Waals surface area contributed by atoms with E-state index in [-0.39, 0.29) is 137 Å². The molecule has 0 bridgehead atoms. The number of hydrogen-bond donors (Lipinski definition) is 11. The van der Waals surface area contributed by atoms with Gasteiger partial charge in [0, 0.05) is 128 Å². The summed E-state index contributed by atoms with van der Waals surface area (Å²) < 4.78 is 0. The second-order valence-electron chi connectivity index (χ2n) is 32.4. The third-order valence-electron chi connectivity index (χ3n) is 23.6. The number of Topliss-reactive ketones (excluding diaryl/α,β-unsaturated/α-hetero) is 6. The van der Waals surface area contributed by atoms with Crippen molar-refractivity contribution < 1.29 is 53.4 Å². The highest BCUT2D eigenvalue weighted by molar-refractivity contribution is 7.99. The van der Waals surface area contributed by atoms with E-state index in [9.17, 15) is 29.4 Å². The van der Waals surface area contributed by atoms with E-state index in [4.69, 9.17) is 17.2 Å². The molecule has 610 valence electrons. The molecule has 6 aromatic carbocycles. The van der Waals surface area contributed by atoms with Crippen molar-refractivity contribution in [1.29, 1.82) is 0 Å². The van der Waals surface area contributed by atoms with E-state index >= 15 is 24.0 Å². The number of unbranched alkanes of at least 4 members (excludes halogenated alkanes) is 1. The van der Waals surface area contributed by atoms with Crippen LogP contribution in [0.25, 0.3) is 21.8 Å². The topological polar surface area (TPSA) is 367 Å². The molecule has 8 aromatic rings. The summed E-state index contributed by atoms with van der Waals surface area (Å²) >= 11 is 1.65. The van der Waals surface area contributed by atoms with Crippen molar-refractivity contribution in [1.82, 2.24) is 36.1 Å². The van der Waals surface area contributed by atoms with E-state index in [0.717, 1.165) is 52.7 Å². The fourth-order valence-corrected chi connectivity index (χ4v) is 18.4. The fraction of sp³-hybridized carbons (Fsp3) is 0.457. The smallest absolute Gasteiger partial charge is 0.224 e. The quantitative estimate of drug-likeness (QED) is 0.0123. The molecule has 23 heteroatoms. The number of aromatic hydroxyl groups is 1. The number of nitrogens with two attached hydrogens (primary N) is 3. The van der Waals surface area contributed by atoms with Crippen molar-refractivity contribution in [2.45, 2.75) is 184 Å². The van der Waals surface area contributed by atoms with E-state index in [1.807, 2.05) is 127 Å². The lowest BCUT2D eigenvalue weighted by Crippen LogP contribution is -2.51. The number of nitrogens with zero attached hydrogens (tertiary/aromatic N) is 2. The van der Waals surface area contributed by atoms with Gasteiger partial charge in [0.1, 0.15) is 23.4 Å². The predicted molar refractivity (Wildman–Crippen MR) is 452 cm³/mol. The maximum atomic E-state index is 15.7. The number of amides is 3. The second-order valence-corrected chi connectivity index (χ2v) is 33.4. The third kappa shape index (κ3) is 24.8. The summed E-state index contributed by atoms with van der Waals surface area (Å²) in [6, 6.07) is 43.9. The van der Waals surface area contributed by atoms with Gasteiger partial charge in [0.25, 0.3) is 0 Å². The number of phenols is 1. The number of piperidine rings is 1. The van der Waals surface area contributed by atoms with E-state index < -0.39 is 102 Å². The van der Waals surface area contributed by atoms with Crippen molar-refractivity contribution in [2.24, 2.45) is 57.7 Å². The van der Waals surface area contributed by atoms with Crippen molar-refractivity contribution in [3.8, 4) is 5.75 Å². The molecule has 14 N–H and O–H groups in total. The van der Waals surface area contributed by atoms with Gasteiger partial charge in [-0.2, -0.15) is 11.8 Å². The molecule has 11 rings (SSSR count). The number of para-hydroxylation sites is 1. The molecule has 115 heavy (non-hydrogen) atoms. The normalized spacial score (nSPS) is 23.5. The van der Waals surface area contributed by atoms with E-state index in [0.29, 0.717) is 66.8 Å². The van der Waals surface area contributed by atoms with Crippen LogP contribution in [-0.4, -0.2) is 165 Å². The molecule has 0 radical (unpaired) electrons. The molecule has 13 atom stereocenters. The minimum absolute atomic E-state index is 0.00412. The van der Waals surface area contributed by atoms with Gasteiger partial charge in [-0.15, -0.1) is 0 Å². The number of thioether (sulfide) groups is 1. The average molecular weight is 1580 g/mol. The molecule has 3 aliphatic rings. The number of aliphatic hydroxyl groups excluding tert-OH is 1. The summed E-state index contributed by atoms with van der Waals surface area (Å²) in [7, 11) is 2.21. The number of fused-ring (bicyclic) bond motifs is 3. The Labute approximate surface area is 678 Å². The number of aliphatic imine (C=N–C) groups is 1. The van der Waals surface area contributed by atoms with Crippen LogP contribution in [0.5, 0.6) is 5.75 Å². The van der Waals surface area contributed by atoms with Crippen molar-refractivity contribution in [3.63, 3.8) is 0 Å². The summed E-state index contributed by atoms with van der Waals surface area (Å²) in [6.07, 6.45) is 6.07. The number of H-pyrrole nitrogens is 2. The monoisotopic (exact) mass is 1580 g/mol. The maximum Gasteiger partial charge on any atom is 0.224 e. The molecule has 2 fully saturated rings. The van der Waals surface area contributed by atoms with E-state index in [1.54, 1.807) is 30.1 Å². The lowest BCUT2D eigenvalue weighted by Gasteiger charge is -2.45. The Balaban J connectivity index is 0.912. The molecule has 2 aromatic heterocycles. The molecular formula is C92H115N11O11S. The molecule has 1 aliphatic carbocycles. The lowest BCUT2D eigenvalue weighted by atomic mass is 9.73. The second kappa shape index (κ2) is 42.6. The van der Waals surface area contributed by atoms with Crippen LogP contribution in [0.15, 0.2) is 175 Å². The summed E-state index contributed by atoms with van der Waals surface area (Å²) in [5, 5.41) is 36.6. The molecule has 0 saturated carbocycles. The number of guanidine groups is 1. The molecular weight excluding hydrogens is 1470 g/mol. The average Bonchev–Trinajstić information content (AvgIpc) is 1.66. The predicted octanol–water partition coefficient (Wildman–Crippen LogP) is 10.3. The number of ketones is 6. The van der Waals surface area contributed by atoms with Crippen molar-refractivity contribution >= 4 is 91.9 Å². The number of carbonyl (C=O) groups excluding carboxylic acids is 9. The first kappa shape index (κ1) is 86.0. The van der Waals surface area contributed by atoms with Gasteiger partial charge >= 0.3 is 0 Å². The zero-order chi connectivity index (χ0) is 81.3. The fourth-order valence-electron chi connectivity index (χ4n) is 17.4. The zero-order valence-corrected chi connectivity index (χ0v) is 67.2. The molecule has 22 nitrogen and oxygen atoms in total. The lowest BCUT2D eigenvalue weighted by molar-refractivity contribution is -0.136. The van der Waals surface area contributed by atoms with Crippen LogP contribution in [0, 0.1) is 35.5 Å². The van der Waals surface area contributed by atoms with Crippen LogP contribution in [0.4, 0.5) is 0 Å². The molecule has 2 aliphatic heterocycles. The summed E-state index contributed by atoms with van der Waals surface area (Å²) in [5.74, 6) is -6.77. The van der Waals surface area contributed by atoms with Gasteiger partial charge in [-0.05, 0) is 185 Å². The highest BCUT2D eigenvalue weighted by atomic mass is 32.2. The Morgan fingerprint density at radius 3 is 1.88 bits per heavy atom. The number of likely N-dealkylation sites (N-methyl/N-ethyl adjacent to an activating group) is 1. The number of phenolic OH excluding ortho intramolecular Hbond substituents is 1. The number of likely N-dealkylation sites (tertiary alicyclic amines) is 1. The zero-order valence-electron chi connectivity index (χ0n) is 66.4. The first-order valence-electron chi connectivity index (χ1n) is 41.2. The SMILES string of the molecule is C[C@@H](O)[C@@H]1NC(=O)[C@H](CCCCN)CC(=O)[C@@H](Cc2c[nH]c3ccccc23)NC(=O)[C@H](Cc2ccccc2)CC(=O)[C@H](Cc2ccccc2)NC(=O)[C@H](CCCN=C(N)N)CC(=O)[C@@H](NC[C@@H](CC(=O)CSC[C@@H]2C[C@@H]3c4cccc5[nH]cc(c45)C[C@H]3N(C)C2)Cc2ccc(O)cc2)CCCCC(=O)[C@H](Cc2ccccc2)CC1=O. The van der Waals surface area contributed by atoms with Gasteiger partial charge in [0.2, 0.25) is 17.7 Å². The largest absolute Gasteiger partial charge is 0.508 e. The molecule has 3 amide bonds. The first-order chi connectivity index (χ1) is 55.6. The van der Waals surface area contributed by atoms with Gasteiger partial charge in [-0.25, -0.2) is 0 Å². The Morgan fingerprint density at radius 1 is 0.609 bits per heavy atom. The van der Waals surface area contributed by atoms with E-state index in [1.165, 1.54) is 23.4 Å². The summed E-state index contributed by atoms with van der Waals surface area (Å²) in [5.41, 5.74) is 26.1. The van der Waals surface area contributed by atoms with Gasteiger partial charge < -0.3 is 63.5 Å². The van der Waals surface area contributed by atoms with Gasteiger partial charge in [-0.1, -0.05) is 146 Å². The molecule has 2 saturated heterocycles. The summed E-state index contributed by atoms with van der Waals surface area (Å²) in [4.78, 5) is 151. The highest BCUT2D eigenvalue weighted by Gasteiger charge is 2.41. The third-order valence-corrected chi connectivity index (χ3v) is 24.8. The van der Waals surface area contributed by atoms with Gasteiger partial charge in [-0.3, -0.25) is 48.1 Å². The summed E-state index contributed by atoms with van der Waals surface area (Å²) in [6.45, 7) is 2.92. The van der Waals surface area contributed by atoms with Crippen molar-refractivity contribution in [3.05, 3.63) is 209 Å². The number of rotatable bonds is 28. The van der Waals surface area contributed by atoms with Crippen LogP contribution in [-0.2, 0) is 81.7 Å². The number of aliphatic hydroxyl groups is 1.